The molecule has 1 aromatic carbocycles. The number of piperidine rings is 1. The van der Waals surface area contributed by atoms with Crippen molar-refractivity contribution in [3.05, 3.63) is 29.8 Å². The van der Waals surface area contributed by atoms with E-state index < -0.39 is 0 Å². The minimum Gasteiger partial charge on any atom is -0.493 e. The van der Waals surface area contributed by atoms with Crippen LogP contribution in [-0.2, 0) is 9.53 Å². The number of nitrogens with zero attached hydrogens (tertiary/aromatic N) is 1. The second kappa shape index (κ2) is 7.97. The predicted octanol–water partition coefficient (Wildman–Crippen LogP) is 2.83. The van der Waals surface area contributed by atoms with Crippen LogP contribution in [0.2, 0.25) is 0 Å². The maximum atomic E-state index is 12.8. The summed E-state index contributed by atoms with van der Waals surface area (Å²) in [6.07, 6.45) is 7.00. The minimum absolute atomic E-state index is 0.00389. The number of rotatable bonds is 0. The third kappa shape index (κ3) is 3.74. The van der Waals surface area contributed by atoms with Crippen molar-refractivity contribution in [2.75, 3.05) is 19.8 Å². The standard InChI is InChI=1S/C21H30N2O3/c22-18-5-3-12-23-19(18)14-26-16-9-7-15(8-10-16)17-4-1-2-6-20(17)25-13-11-21(23)24/h1-2,4,6,15-16,18-19H,3,5,7-14,22H2. The Labute approximate surface area is 155 Å². The zero-order valence-electron chi connectivity index (χ0n) is 15.4. The topological polar surface area (TPSA) is 64.8 Å². The van der Waals surface area contributed by atoms with Crippen molar-refractivity contribution in [1.29, 1.82) is 0 Å². The molecule has 1 amide bonds. The van der Waals surface area contributed by atoms with E-state index in [1.165, 1.54) is 5.56 Å². The monoisotopic (exact) mass is 358 g/mol. The number of hydrogen-bond acceptors (Lipinski definition) is 4. The molecule has 0 radical (unpaired) electrons. The maximum absolute atomic E-state index is 12.8. The SMILES string of the molecule is NC1CCCN2C(=O)CCOc3ccccc3C3CCC(CC3)OCC12. The van der Waals surface area contributed by atoms with E-state index in [9.17, 15) is 4.79 Å². The first-order valence-corrected chi connectivity index (χ1v) is 10.1. The van der Waals surface area contributed by atoms with Gasteiger partial charge >= 0.3 is 0 Å². The Kier molecular flexibility index (Phi) is 5.46. The molecule has 1 aromatic rings. The molecule has 0 spiro atoms. The van der Waals surface area contributed by atoms with Gasteiger partial charge in [-0.1, -0.05) is 18.2 Å². The summed E-state index contributed by atoms with van der Waals surface area (Å²) in [5.41, 5.74) is 7.63. The first kappa shape index (κ1) is 17.8. The maximum Gasteiger partial charge on any atom is 0.226 e. The first-order valence-electron chi connectivity index (χ1n) is 10.1. The van der Waals surface area contributed by atoms with Crippen molar-refractivity contribution < 1.29 is 14.3 Å². The molecule has 2 bridgehead atoms. The Morgan fingerprint density at radius 1 is 1.08 bits per heavy atom. The van der Waals surface area contributed by atoms with Crippen molar-refractivity contribution in [3.63, 3.8) is 0 Å². The Balaban J connectivity index is 1.56. The summed E-state index contributed by atoms with van der Waals surface area (Å²) in [7, 11) is 0. The quantitative estimate of drug-likeness (QED) is 0.774. The Bertz CT molecular complexity index is 627. The van der Waals surface area contributed by atoms with Crippen LogP contribution in [-0.4, -0.2) is 48.8 Å². The third-order valence-electron chi connectivity index (χ3n) is 6.26. The molecule has 3 aliphatic heterocycles. The van der Waals surface area contributed by atoms with Crippen LogP contribution in [0.4, 0.5) is 0 Å². The number of carbonyl (C=O) groups is 1. The van der Waals surface area contributed by atoms with Crippen LogP contribution in [0.5, 0.6) is 5.75 Å². The zero-order valence-corrected chi connectivity index (χ0v) is 15.4. The van der Waals surface area contributed by atoms with Crippen LogP contribution < -0.4 is 10.5 Å². The summed E-state index contributed by atoms with van der Waals surface area (Å²) in [5.74, 6) is 1.60. The molecular weight excluding hydrogens is 328 g/mol. The molecule has 2 fully saturated rings. The van der Waals surface area contributed by atoms with Gasteiger partial charge in [0, 0.05) is 12.6 Å². The van der Waals surface area contributed by atoms with E-state index in [4.69, 9.17) is 15.2 Å². The van der Waals surface area contributed by atoms with Crippen molar-refractivity contribution in [3.8, 4) is 5.75 Å². The van der Waals surface area contributed by atoms with E-state index in [1.54, 1.807) is 0 Å². The van der Waals surface area contributed by atoms with Crippen molar-refractivity contribution in [2.24, 2.45) is 5.73 Å². The Hall–Kier alpha value is -1.59. The van der Waals surface area contributed by atoms with E-state index in [-0.39, 0.29) is 24.1 Å². The summed E-state index contributed by atoms with van der Waals surface area (Å²) < 4.78 is 12.3. The lowest BCUT2D eigenvalue weighted by Crippen LogP contribution is -2.56. The number of nitrogens with two attached hydrogens (primary N) is 1. The van der Waals surface area contributed by atoms with E-state index in [0.29, 0.717) is 25.6 Å². The van der Waals surface area contributed by atoms with E-state index in [2.05, 4.69) is 12.1 Å². The van der Waals surface area contributed by atoms with Gasteiger partial charge in [-0.05, 0) is 56.1 Å². The predicted molar refractivity (Wildman–Crippen MR) is 100 cm³/mol. The van der Waals surface area contributed by atoms with Crippen LogP contribution in [0.25, 0.3) is 0 Å². The number of amides is 1. The minimum atomic E-state index is 0.00389. The van der Waals surface area contributed by atoms with Gasteiger partial charge in [-0.15, -0.1) is 0 Å². The molecule has 2 unspecified atom stereocenters. The molecule has 1 saturated carbocycles. The molecule has 1 aliphatic carbocycles. The number of benzene rings is 1. The zero-order chi connectivity index (χ0) is 17.9. The average Bonchev–Trinajstić information content (AvgIpc) is 2.67. The van der Waals surface area contributed by atoms with Gasteiger partial charge < -0.3 is 20.1 Å². The van der Waals surface area contributed by atoms with Gasteiger partial charge in [0.1, 0.15) is 5.75 Å². The molecule has 5 rings (SSSR count). The average molecular weight is 358 g/mol. The van der Waals surface area contributed by atoms with Crippen molar-refractivity contribution >= 4 is 5.91 Å². The highest BCUT2D eigenvalue weighted by Crippen LogP contribution is 2.38. The van der Waals surface area contributed by atoms with Crippen LogP contribution in [0.3, 0.4) is 0 Å². The van der Waals surface area contributed by atoms with Gasteiger partial charge in [0.05, 0.1) is 31.8 Å². The lowest BCUT2D eigenvalue weighted by atomic mass is 9.82. The highest BCUT2D eigenvalue weighted by molar-refractivity contribution is 5.77. The highest BCUT2D eigenvalue weighted by atomic mass is 16.5. The molecule has 2 atom stereocenters. The molecule has 26 heavy (non-hydrogen) atoms. The fraction of sp³-hybridized carbons (Fsp3) is 0.667. The number of carbonyl (C=O) groups excluding carboxylic acids is 1. The normalized spacial score (nSPS) is 33.0. The lowest BCUT2D eigenvalue weighted by Gasteiger charge is -2.41. The Morgan fingerprint density at radius 3 is 2.73 bits per heavy atom. The fourth-order valence-corrected chi connectivity index (χ4v) is 4.73. The molecule has 142 valence electrons. The second-order valence-electron chi connectivity index (χ2n) is 7.90. The van der Waals surface area contributed by atoms with Gasteiger partial charge in [-0.2, -0.15) is 0 Å². The second-order valence-corrected chi connectivity index (χ2v) is 7.90. The van der Waals surface area contributed by atoms with E-state index in [0.717, 1.165) is 50.8 Å². The van der Waals surface area contributed by atoms with Gasteiger partial charge in [0.15, 0.2) is 0 Å². The van der Waals surface area contributed by atoms with Gasteiger partial charge in [-0.3, -0.25) is 4.79 Å². The number of fused-ring (bicyclic) bond motifs is 6. The van der Waals surface area contributed by atoms with Crippen LogP contribution in [0.15, 0.2) is 24.3 Å². The molecule has 0 aromatic heterocycles. The van der Waals surface area contributed by atoms with Crippen molar-refractivity contribution in [1.82, 2.24) is 4.90 Å². The van der Waals surface area contributed by atoms with E-state index in [1.807, 2.05) is 17.0 Å². The first-order chi connectivity index (χ1) is 12.7. The largest absolute Gasteiger partial charge is 0.493 e. The molecule has 3 heterocycles. The number of ether oxygens (including phenoxy) is 2. The van der Waals surface area contributed by atoms with E-state index >= 15 is 0 Å². The molecule has 5 heteroatoms. The smallest absolute Gasteiger partial charge is 0.226 e. The van der Waals surface area contributed by atoms with Gasteiger partial charge in [0.25, 0.3) is 0 Å². The summed E-state index contributed by atoms with van der Waals surface area (Å²) in [6, 6.07) is 8.32. The molecule has 2 N–H and O–H groups in total. The molecule has 5 nitrogen and oxygen atoms in total. The van der Waals surface area contributed by atoms with Crippen LogP contribution in [0.1, 0.15) is 56.4 Å². The van der Waals surface area contributed by atoms with Crippen LogP contribution >= 0.6 is 0 Å². The summed E-state index contributed by atoms with van der Waals surface area (Å²) in [4.78, 5) is 14.7. The molecule has 4 aliphatic rings. The number of para-hydroxylation sites is 1. The molecule has 1 saturated heterocycles. The van der Waals surface area contributed by atoms with Gasteiger partial charge in [0.2, 0.25) is 5.91 Å². The van der Waals surface area contributed by atoms with Crippen LogP contribution in [0, 0.1) is 0 Å². The number of hydrogen-bond donors (Lipinski definition) is 1. The fourth-order valence-electron chi connectivity index (χ4n) is 4.73. The lowest BCUT2D eigenvalue weighted by molar-refractivity contribution is -0.138. The Morgan fingerprint density at radius 2 is 1.88 bits per heavy atom. The summed E-state index contributed by atoms with van der Waals surface area (Å²) >= 11 is 0. The highest BCUT2D eigenvalue weighted by Gasteiger charge is 2.34. The molecular formula is C21H30N2O3. The summed E-state index contributed by atoms with van der Waals surface area (Å²) in [6.45, 7) is 1.77. The summed E-state index contributed by atoms with van der Waals surface area (Å²) in [5, 5.41) is 0. The third-order valence-corrected chi connectivity index (χ3v) is 6.26. The van der Waals surface area contributed by atoms with Gasteiger partial charge in [-0.25, -0.2) is 0 Å². The van der Waals surface area contributed by atoms with Crippen molar-refractivity contribution in [2.45, 2.75) is 69.1 Å².